The van der Waals surface area contributed by atoms with Crippen molar-refractivity contribution in [1.82, 2.24) is 9.80 Å². The molecule has 1 atom stereocenters. The lowest BCUT2D eigenvalue weighted by Gasteiger charge is -2.37. The van der Waals surface area contributed by atoms with Gasteiger partial charge in [-0.2, -0.15) is 0 Å². The van der Waals surface area contributed by atoms with E-state index < -0.39 is 12.5 Å². The Kier molecular flexibility index (Phi) is 8.67. The summed E-state index contributed by atoms with van der Waals surface area (Å²) in [7, 11) is 0. The second-order valence-corrected chi connectivity index (χ2v) is 8.78. The molecule has 1 saturated heterocycles. The fourth-order valence-electron chi connectivity index (χ4n) is 4.07. The maximum Gasteiger partial charge on any atom is 0.320 e. The number of unbranched alkanes of at least 4 members (excludes halogenated alkanes) is 2. The van der Waals surface area contributed by atoms with Crippen LogP contribution in [0.15, 0.2) is 47.1 Å². The fourth-order valence-corrected chi connectivity index (χ4v) is 4.07. The Bertz CT molecular complexity index is 910. The summed E-state index contributed by atoms with van der Waals surface area (Å²) in [5, 5.41) is 8.75. The van der Waals surface area contributed by atoms with Gasteiger partial charge in [-0.05, 0) is 64.2 Å². The van der Waals surface area contributed by atoms with Gasteiger partial charge in [0.25, 0.3) is 0 Å². The number of furan rings is 1. The van der Waals surface area contributed by atoms with Crippen molar-refractivity contribution in [3.05, 3.63) is 54.0 Å². The summed E-state index contributed by atoms with van der Waals surface area (Å²) in [6.07, 6.45) is 5.66. The molecule has 1 aromatic carbocycles. The average molecular weight is 458 g/mol. The summed E-state index contributed by atoms with van der Waals surface area (Å²) in [5.74, 6) is 1.10. The van der Waals surface area contributed by atoms with Crippen molar-refractivity contribution in [2.24, 2.45) is 0 Å². The van der Waals surface area contributed by atoms with Gasteiger partial charge >= 0.3 is 12.0 Å². The Labute approximate surface area is 197 Å². The molecule has 2 heterocycles. The molecular formula is C26H36N2O5. The number of ether oxygens (including phenoxy) is 1. The number of piperidine rings is 1. The number of carboxylic acid groups (broad SMARTS) is 1. The predicted octanol–water partition coefficient (Wildman–Crippen LogP) is 5.51. The Morgan fingerprint density at radius 3 is 2.61 bits per heavy atom. The van der Waals surface area contributed by atoms with Gasteiger partial charge < -0.3 is 24.1 Å². The number of likely N-dealkylation sites (tertiary alicyclic amines) is 1. The molecule has 0 saturated carbocycles. The topological polar surface area (TPSA) is 83.2 Å². The first kappa shape index (κ1) is 23.2. The molecule has 2 aromatic rings. The van der Waals surface area contributed by atoms with Gasteiger partial charge in [0.2, 0.25) is 0 Å². The van der Waals surface area contributed by atoms with Gasteiger partial charge in [-0.15, -0.1) is 0 Å². The maximum absolute atomic E-state index is 13.5. The van der Waals surface area contributed by atoms with E-state index in [-0.39, 0.29) is 18.5 Å². The van der Waals surface area contributed by atoms with Crippen molar-refractivity contribution in [2.45, 2.75) is 70.9 Å². The molecule has 33 heavy (non-hydrogen) atoms. The molecule has 7 heteroatoms. The van der Waals surface area contributed by atoms with E-state index in [1.165, 1.54) is 0 Å². The second-order valence-electron chi connectivity index (χ2n) is 8.78. The van der Waals surface area contributed by atoms with E-state index in [0.717, 1.165) is 31.4 Å². The van der Waals surface area contributed by atoms with Gasteiger partial charge in [0, 0.05) is 37.0 Å². The number of amides is 2. The minimum absolute atomic E-state index is 0.128. The summed E-state index contributed by atoms with van der Waals surface area (Å²) in [6, 6.07) is 11.0. The molecule has 2 amide bonds. The number of hydrogen-bond donors (Lipinski definition) is 1. The number of aliphatic carboxylic acids is 1. The minimum Gasteiger partial charge on any atom is -0.493 e. The van der Waals surface area contributed by atoms with Crippen LogP contribution in [-0.2, 0) is 11.3 Å². The van der Waals surface area contributed by atoms with Crippen LogP contribution >= 0.6 is 0 Å². The number of benzene rings is 1. The molecule has 1 aromatic heterocycles. The summed E-state index contributed by atoms with van der Waals surface area (Å²) in [4.78, 5) is 27.6. The molecule has 1 aliphatic heterocycles. The molecule has 3 rings (SSSR count). The third kappa shape index (κ3) is 7.27. The van der Waals surface area contributed by atoms with Crippen LogP contribution in [0.3, 0.4) is 0 Å². The molecule has 1 N–H and O–H groups in total. The zero-order chi connectivity index (χ0) is 24.5. The second kappa shape index (κ2) is 12.3. The van der Waals surface area contributed by atoms with E-state index in [4.69, 9.17) is 15.6 Å². The number of para-hydroxylation sites is 1. The predicted molar refractivity (Wildman–Crippen MR) is 126 cm³/mol. The van der Waals surface area contributed by atoms with Crippen molar-refractivity contribution in [3.8, 4) is 5.75 Å². The molecule has 0 bridgehead atoms. The molecule has 1 fully saturated rings. The van der Waals surface area contributed by atoms with E-state index in [2.05, 4.69) is 0 Å². The SMILES string of the molecule is [2H]C(c1ccccc1OCCCCCC(=O)O)N(C(=O)N1CCC(c2ccco2)CC1)C(C)C. The van der Waals surface area contributed by atoms with Crippen LogP contribution < -0.4 is 4.74 Å². The first-order valence-corrected chi connectivity index (χ1v) is 11.8. The van der Waals surface area contributed by atoms with Crippen LogP contribution in [0.2, 0.25) is 0 Å². The Morgan fingerprint density at radius 2 is 1.94 bits per heavy atom. The molecular weight excluding hydrogens is 420 g/mol. The first-order chi connectivity index (χ1) is 16.4. The van der Waals surface area contributed by atoms with E-state index >= 15 is 0 Å². The van der Waals surface area contributed by atoms with Crippen LogP contribution in [0.5, 0.6) is 5.75 Å². The van der Waals surface area contributed by atoms with Crippen molar-refractivity contribution in [2.75, 3.05) is 19.7 Å². The lowest BCUT2D eigenvalue weighted by molar-refractivity contribution is -0.137. The standard InChI is InChI=1S/C26H36N2O5/c1-20(2)28(26(31)27-15-13-21(14-16-27)23-11-8-18-33-23)19-22-9-5-6-10-24(22)32-17-7-3-4-12-25(29)30/h5-6,8-11,18,20-21H,3-4,7,12-17,19H2,1-2H3,(H,29,30)/i19D. The summed E-state index contributed by atoms with van der Waals surface area (Å²) in [5.41, 5.74) is 0.653. The Balaban J connectivity index is 1.61. The number of carbonyl (C=O) groups excluding carboxylic acids is 1. The third-order valence-corrected chi connectivity index (χ3v) is 5.98. The summed E-state index contributed by atoms with van der Waals surface area (Å²) < 4.78 is 20.4. The zero-order valence-corrected chi connectivity index (χ0v) is 19.6. The smallest absolute Gasteiger partial charge is 0.320 e. The number of carbonyl (C=O) groups is 2. The van der Waals surface area contributed by atoms with E-state index in [9.17, 15) is 9.59 Å². The summed E-state index contributed by atoms with van der Waals surface area (Å²) in [6.45, 7) is 4.68. The molecule has 0 aliphatic carbocycles. The van der Waals surface area contributed by atoms with Crippen LogP contribution in [-0.4, -0.2) is 52.6 Å². The first-order valence-electron chi connectivity index (χ1n) is 12.4. The number of nitrogens with zero attached hydrogens (tertiary/aromatic N) is 2. The third-order valence-electron chi connectivity index (χ3n) is 5.98. The minimum atomic E-state index is -0.890. The highest BCUT2D eigenvalue weighted by atomic mass is 16.5. The van der Waals surface area contributed by atoms with Crippen LogP contribution in [0.1, 0.15) is 71.0 Å². The van der Waals surface area contributed by atoms with Gasteiger partial charge in [-0.3, -0.25) is 4.79 Å². The van der Waals surface area contributed by atoms with E-state index in [0.29, 0.717) is 43.3 Å². The van der Waals surface area contributed by atoms with Gasteiger partial charge in [0.15, 0.2) is 0 Å². The number of urea groups is 1. The maximum atomic E-state index is 13.5. The molecule has 0 radical (unpaired) electrons. The molecule has 1 unspecified atom stereocenters. The lowest BCUT2D eigenvalue weighted by atomic mass is 9.94. The van der Waals surface area contributed by atoms with Crippen molar-refractivity contribution < 1.29 is 25.2 Å². The number of rotatable bonds is 11. The highest BCUT2D eigenvalue weighted by Crippen LogP contribution is 2.29. The Morgan fingerprint density at radius 1 is 1.18 bits per heavy atom. The van der Waals surface area contributed by atoms with E-state index in [1.54, 1.807) is 11.2 Å². The Hall–Kier alpha value is -2.96. The monoisotopic (exact) mass is 457 g/mol. The van der Waals surface area contributed by atoms with Crippen molar-refractivity contribution in [1.29, 1.82) is 0 Å². The quantitative estimate of drug-likeness (QED) is 0.450. The molecule has 0 spiro atoms. The van der Waals surface area contributed by atoms with Crippen LogP contribution in [0.4, 0.5) is 4.79 Å². The van der Waals surface area contributed by atoms with Gasteiger partial charge in [0.05, 0.1) is 20.8 Å². The largest absolute Gasteiger partial charge is 0.493 e. The van der Waals surface area contributed by atoms with Crippen molar-refractivity contribution in [3.63, 3.8) is 0 Å². The van der Waals surface area contributed by atoms with Crippen LogP contribution in [0, 0.1) is 0 Å². The average Bonchev–Trinajstić information content (AvgIpc) is 3.36. The van der Waals surface area contributed by atoms with Crippen LogP contribution in [0.25, 0.3) is 0 Å². The lowest BCUT2D eigenvalue weighted by Crippen LogP contribution is -2.48. The number of carboxylic acids is 1. The fraction of sp³-hybridized carbons (Fsp3) is 0.538. The molecule has 180 valence electrons. The zero-order valence-electron chi connectivity index (χ0n) is 20.6. The normalized spacial score (nSPS) is 15.8. The molecule has 7 nitrogen and oxygen atoms in total. The summed E-state index contributed by atoms with van der Waals surface area (Å²) >= 11 is 0. The van der Waals surface area contributed by atoms with Gasteiger partial charge in [0.1, 0.15) is 11.5 Å². The highest BCUT2D eigenvalue weighted by Gasteiger charge is 2.29. The number of hydrogen-bond acceptors (Lipinski definition) is 4. The highest BCUT2D eigenvalue weighted by molar-refractivity contribution is 5.75. The van der Waals surface area contributed by atoms with E-state index in [1.807, 2.05) is 55.1 Å². The molecule has 1 aliphatic rings. The van der Waals surface area contributed by atoms with Gasteiger partial charge in [-0.25, -0.2) is 4.79 Å². The van der Waals surface area contributed by atoms with Gasteiger partial charge in [-0.1, -0.05) is 18.2 Å². The van der Waals surface area contributed by atoms with Crippen molar-refractivity contribution >= 4 is 12.0 Å².